The number of pyridine rings is 1. The summed E-state index contributed by atoms with van der Waals surface area (Å²) in [5, 5.41) is 8.34. The zero-order valence-corrected chi connectivity index (χ0v) is 13.4. The molecular formula is C16H15BrN5+. The Labute approximate surface area is 136 Å². The van der Waals surface area contributed by atoms with E-state index in [4.69, 9.17) is 0 Å². The Bertz CT molecular complexity index is 792. The van der Waals surface area contributed by atoms with Crippen molar-refractivity contribution in [3.8, 4) is 11.4 Å². The minimum Gasteiger partial charge on any atom is -0.310 e. The van der Waals surface area contributed by atoms with Crippen LogP contribution in [0.1, 0.15) is 18.9 Å². The number of anilines is 1. The zero-order chi connectivity index (χ0) is 14.9. The van der Waals surface area contributed by atoms with Gasteiger partial charge in [0.2, 0.25) is 12.4 Å². The van der Waals surface area contributed by atoms with Crippen LogP contribution in [0.25, 0.3) is 11.4 Å². The van der Waals surface area contributed by atoms with E-state index in [1.807, 2.05) is 47.7 Å². The van der Waals surface area contributed by atoms with Crippen LogP contribution >= 0.6 is 15.9 Å². The lowest BCUT2D eigenvalue weighted by atomic mass is 10.2. The molecule has 0 spiro atoms. The van der Waals surface area contributed by atoms with E-state index in [1.54, 1.807) is 0 Å². The van der Waals surface area contributed by atoms with Crippen molar-refractivity contribution in [3.63, 3.8) is 0 Å². The molecule has 1 aromatic carbocycles. The highest BCUT2D eigenvalue weighted by atomic mass is 79.9. The summed E-state index contributed by atoms with van der Waals surface area (Å²) in [6, 6.07) is 12.8. The van der Waals surface area contributed by atoms with Gasteiger partial charge in [0, 0.05) is 28.2 Å². The number of nitrogens with zero attached hydrogens (tertiary/aromatic N) is 4. The van der Waals surface area contributed by atoms with Gasteiger partial charge in [-0.05, 0) is 25.0 Å². The monoisotopic (exact) mass is 356 g/mol. The number of benzene rings is 1. The van der Waals surface area contributed by atoms with Crippen molar-refractivity contribution in [2.75, 3.05) is 5.43 Å². The van der Waals surface area contributed by atoms with Crippen LogP contribution in [0, 0.1) is 0 Å². The Hall–Kier alpha value is -2.21. The van der Waals surface area contributed by atoms with Gasteiger partial charge in [0.1, 0.15) is 6.33 Å². The van der Waals surface area contributed by atoms with Crippen molar-refractivity contribution >= 4 is 21.6 Å². The molecule has 1 aliphatic rings. The first-order valence-corrected chi connectivity index (χ1v) is 8.03. The Morgan fingerprint density at radius 2 is 2.00 bits per heavy atom. The van der Waals surface area contributed by atoms with Crippen molar-refractivity contribution in [1.82, 2.24) is 14.8 Å². The van der Waals surface area contributed by atoms with E-state index < -0.39 is 0 Å². The largest absolute Gasteiger partial charge is 0.310 e. The molecule has 0 aliphatic heterocycles. The van der Waals surface area contributed by atoms with Gasteiger partial charge in [0.15, 0.2) is 5.82 Å². The maximum absolute atomic E-state index is 4.28. The second-order valence-electron chi connectivity index (χ2n) is 5.41. The topological polar surface area (TPSA) is 46.6 Å². The second-order valence-corrected chi connectivity index (χ2v) is 6.32. The highest BCUT2D eigenvalue weighted by Crippen LogP contribution is 2.37. The number of nitrogens with one attached hydrogen (secondary N) is 1. The summed E-state index contributed by atoms with van der Waals surface area (Å²) in [6.45, 7) is 0. The molecule has 1 aliphatic carbocycles. The van der Waals surface area contributed by atoms with Gasteiger partial charge in [-0.2, -0.15) is 5.43 Å². The summed E-state index contributed by atoms with van der Waals surface area (Å²) < 4.78 is 5.14. The molecule has 1 fully saturated rings. The van der Waals surface area contributed by atoms with Gasteiger partial charge in [-0.1, -0.05) is 32.7 Å². The third kappa shape index (κ3) is 2.74. The summed E-state index contributed by atoms with van der Waals surface area (Å²) in [5.74, 6) is 0.937. The SMILES string of the molecule is Brc1cc[n+](Nc2cccc(-c3nncn3C3CC3)c2)cc1. The fourth-order valence-electron chi connectivity index (χ4n) is 2.43. The predicted molar refractivity (Wildman–Crippen MR) is 87.1 cm³/mol. The molecule has 3 aromatic rings. The quantitative estimate of drug-likeness (QED) is 0.730. The van der Waals surface area contributed by atoms with Gasteiger partial charge >= 0.3 is 0 Å². The zero-order valence-electron chi connectivity index (χ0n) is 11.9. The average Bonchev–Trinajstić information content (AvgIpc) is 3.27. The van der Waals surface area contributed by atoms with Gasteiger partial charge in [-0.3, -0.25) is 0 Å². The van der Waals surface area contributed by atoms with Crippen LogP contribution in [0.5, 0.6) is 0 Å². The molecule has 4 rings (SSSR count). The van der Waals surface area contributed by atoms with Crippen LogP contribution in [0.15, 0.2) is 59.6 Å². The molecule has 6 heteroatoms. The molecular weight excluding hydrogens is 342 g/mol. The Morgan fingerprint density at radius 3 is 2.77 bits per heavy atom. The van der Waals surface area contributed by atoms with E-state index in [-0.39, 0.29) is 0 Å². The highest BCUT2D eigenvalue weighted by molar-refractivity contribution is 9.10. The molecule has 0 amide bonds. The summed E-state index contributed by atoms with van der Waals surface area (Å²) in [7, 11) is 0. The molecule has 22 heavy (non-hydrogen) atoms. The second kappa shape index (κ2) is 5.53. The van der Waals surface area contributed by atoms with Gasteiger partial charge in [0.05, 0.1) is 5.69 Å². The van der Waals surface area contributed by atoms with Crippen LogP contribution in [-0.4, -0.2) is 14.8 Å². The van der Waals surface area contributed by atoms with E-state index in [1.165, 1.54) is 12.8 Å². The minimum atomic E-state index is 0.572. The highest BCUT2D eigenvalue weighted by Gasteiger charge is 2.26. The fraction of sp³-hybridized carbons (Fsp3) is 0.188. The van der Waals surface area contributed by atoms with E-state index >= 15 is 0 Å². The van der Waals surface area contributed by atoms with Crippen LogP contribution in [0.2, 0.25) is 0 Å². The summed E-state index contributed by atoms with van der Waals surface area (Å²) >= 11 is 3.44. The lowest BCUT2D eigenvalue weighted by Gasteiger charge is -2.06. The summed E-state index contributed by atoms with van der Waals surface area (Å²) in [4.78, 5) is 0. The molecule has 0 bridgehead atoms. The molecule has 5 nitrogen and oxygen atoms in total. The first-order chi connectivity index (χ1) is 10.8. The van der Waals surface area contributed by atoms with Crippen molar-refractivity contribution < 1.29 is 4.68 Å². The van der Waals surface area contributed by atoms with E-state index in [2.05, 4.69) is 48.3 Å². The first kappa shape index (κ1) is 13.5. The minimum absolute atomic E-state index is 0.572. The van der Waals surface area contributed by atoms with Gasteiger partial charge in [0.25, 0.3) is 0 Å². The van der Waals surface area contributed by atoms with Crippen molar-refractivity contribution in [2.24, 2.45) is 0 Å². The summed E-state index contributed by atoms with van der Waals surface area (Å²) in [5.41, 5.74) is 5.42. The molecule has 0 atom stereocenters. The number of hydrogen-bond donors (Lipinski definition) is 1. The Kier molecular flexibility index (Phi) is 3.38. The maximum Gasteiger partial charge on any atom is 0.200 e. The maximum atomic E-state index is 4.28. The van der Waals surface area contributed by atoms with Crippen molar-refractivity contribution in [3.05, 3.63) is 59.6 Å². The molecule has 0 unspecified atom stereocenters. The Morgan fingerprint density at radius 1 is 1.18 bits per heavy atom. The molecule has 110 valence electrons. The molecule has 1 saturated carbocycles. The standard InChI is InChI=1S/C16H15BrN5/c17-13-6-8-21(9-7-13)20-14-3-1-2-12(10-14)16-19-18-11-22(16)15-4-5-15/h1-3,6-11,15,20H,4-5H2/q+1. The van der Waals surface area contributed by atoms with Crippen LogP contribution in [-0.2, 0) is 0 Å². The number of hydrogen-bond acceptors (Lipinski definition) is 3. The van der Waals surface area contributed by atoms with Gasteiger partial charge < -0.3 is 4.57 Å². The molecule has 2 heterocycles. The molecule has 0 saturated heterocycles. The lowest BCUT2D eigenvalue weighted by molar-refractivity contribution is -0.643. The molecule has 2 aromatic heterocycles. The van der Waals surface area contributed by atoms with Crippen LogP contribution < -0.4 is 10.1 Å². The smallest absolute Gasteiger partial charge is 0.200 e. The molecule has 0 radical (unpaired) electrons. The first-order valence-electron chi connectivity index (χ1n) is 7.23. The van der Waals surface area contributed by atoms with E-state index in [0.717, 1.165) is 21.5 Å². The number of halogens is 1. The Balaban J connectivity index is 1.62. The molecule has 1 N–H and O–H groups in total. The van der Waals surface area contributed by atoms with Crippen molar-refractivity contribution in [1.29, 1.82) is 0 Å². The normalized spacial score (nSPS) is 14.0. The van der Waals surface area contributed by atoms with Crippen LogP contribution in [0.4, 0.5) is 5.69 Å². The van der Waals surface area contributed by atoms with E-state index in [0.29, 0.717) is 6.04 Å². The van der Waals surface area contributed by atoms with Gasteiger partial charge in [-0.25, -0.2) is 0 Å². The fourth-order valence-corrected chi connectivity index (χ4v) is 2.67. The average molecular weight is 357 g/mol. The van der Waals surface area contributed by atoms with Gasteiger partial charge in [-0.15, -0.1) is 10.2 Å². The number of aromatic nitrogens is 4. The van der Waals surface area contributed by atoms with E-state index in [9.17, 15) is 0 Å². The summed E-state index contributed by atoms with van der Waals surface area (Å²) in [6.07, 6.45) is 8.19. The third-order valence-corrected chi connectivity index (χ3v) is 4.21. The number of rotatable bonds is 4. The van der Waals surface area contributed by atoms with Crippen molar-refractivity contribution in [2.45, 2.75) is 18.9 Å². The van der Waals surface area contributed by atoms with Crippen LogP contribution in [0.3, 0.4) is 0 Å². The lowest BCUT2D eigenvalue weighted by Crippen LogP contribution is -2.41. The third-order valence-electron chi connectivity index (χ3n) is 3.68. The predicted octanol–water partition coefficient (Wildman–Crippen LogP) is 3.21.